The lowest BCUT2D eigenvalue weighted by atomic mass is 10.3. The first-order chi connectivity index (χ1) is 7.28. The molecule has 2 N–H and O–H groups in total. The molecule has 0 aliphatic heterocycles. The molecule has 9 heteroatoms. The van der Waals surface area contributed by atoms with E-state index in [4.69, 9.17) is 5.11 Å². The number of hydrogen-bond donors (Lipinski definition) is 2. The van der Waals surface area contributed by atoms with E-state index >= 15 is 0 Å². The SMILES string of the molecule is CS(=O)(=O)CC(NC(=O)O)c1nc(Br)cs1. The Kier molecular flexibility index (Phi) is 4.28. The topological polar surface area (TPSA) is 96.4 Å². The molecule has 0 aromatic carbocycles. The first-order valence-electron chi connectivity index (χ1n) is 4.06. The van der Waals surface area contributed by atoms with E-state index in [9.17, 15) is 13.2 Å². The maximum Gasteiger partial charge on any atom is 0.405 e. The molecule has 1 amide bonds. The van der Waals surface area contributed by atoms with Crippen molar-refractivity contribution in [3.05, 3.63) is 15.0 Å². The van der Waals surface area contributed by atoms with E-state index in [1.165, 1.54) is 11.3 Å². The molecule has 1 heterocycles. The summed E-state index contributed by atoms with van der Waals surface area (Å²) < 4.78 is 22.8. The Labute approximate surface area is 105 Å². The minimum Gasteiger partial charge on any atom is -0.465 e. The summed E-state index contributed by atoms with van der Waals surface area (Å²) in [6.45, 7) is 0. The van der Waals surface area contributed by atoms with Gasteiger partial charge in [-0.3, -0.25) is 0 Å². The Morgan fingerprint density at radius 2 is 2.38 bits per heavy atom. The highest BCUT2D eigenvalue weighted by atomic mass is 79.9. The second-order valence-corrected chi connectivity index (χ2v) is 6.99. The highest BCUT2D eigenvalue weighted by Crippen LogP contribution is 2.22. The largest absolute Gasteiger partial charge is 0.465 e. The van der Waals surface area contributed by atoms with Gasteiger partial charge in [-0.15, -0.1) is 11.3 Å². The van der Waals surface area contributed by atoms with Crippen molar-refractivity contribution < 1.29 is 18.3 Å². The van der Waals surface area contributed by atoms with Gasteiger partial charge in [-0.1, -0.05) is 0 Å². The van der Waals surface area contributed by atoms with Gasteiger partial charge in [-0.25, -0.2) is 18.2 Å². The molecule has 16 heavy (non-hydrogen) atoms. The monoisotopic (exact) mass is 328 g/mol. The minimum absolute atomic E-state index is 0.306. The molecule has 1 unspecified atom stereocenters. The first-order valence-corrected chi connectivity index (χ1v) is 7.79. The smallest absolute Gasteiger partial charge is 0.405 e. The lowest BCUT2D eigenvalue weighted by molar-refractivity contribution is 0.191. The van der Waals surface area contributed by atoms with E-state index < -0.39 is 22.0 Å². The molecule has 0 spiro atoms. The summed E-state index contributed by atoms with van der Waals surface area (Å²) in [7, 11) is -3.28. The third-order valence-corrected chi connectivity index (χ3v) is 4.17. The van der Waals surface area contributed by atoms with Gasteiger partial charge in [0.1, 0.15) is 19.4 Å². The third-order valence-electron chi connectivity index (χ3n) is 1.56. The maximum atomic E-state index is 11.1. The highest BCUT2D eigenvalue weighted by molar-refractivity contribution is 9.10. The number of carboxylic acid groups (broad SMARTS) is 1. The van der Waals surface area contributed by atoms with E-state index in [-0.39, 0.29) is 5.75 Å². The van der Waals surface area contributed by atoms with Crippen LogP contribution >= 0.6 is 27.3 Å². The average Bonchev–Trinajstić information content (AvgIpc) is 2.47. The van der Waals surface area contributed by atoms with Crippen LogP contribution in [-0.4, -0.2) is 36.6 Å². The van der Waals surface area contributed by atoms with Crippen molar-refractivity contribution in [2.45, 2.75) is 6.04 Å². The van der Waals surface area contributed by atoms with Crippen LogP contribution in [0.3, 0.4) is 0 Å². The van der Waals surface area contributed by atoms with E-state index in [1.54, 1.807) is 5.38 Å². The fourth-order valence-electron chi connectivity index (χ4n) is 1.05. The number of aromatic nitrogens is 1. The minimum atomic E-state index is -3.28. The van der Waals surface area contributed by atoms with Crippen LogP contribution in [-0.2, 0) is 9.84 Å². The van der Waals surface area contributed by atoms with Gasteiger partial charge in [0.2, 0.25) is 0 Å². The van der Waals surface area contributed by atoms with Crippen LogP contribution < -0.4 is 5.32 Å². The van der Waals surface area contributed by atoms with Crippen LogP contribution in [0.15, 0.2) is 9.98 Å². The third kappa shape index (κ3) is 4.45. The fraction of sp³-hybridized carbons (Fsp3) is 0.429. The predicted molar refractivity (Wildman–Crippen MR) is 63.4 cm³/mol. The number of halogens is 1. The van der Waals surface area contributed by atoms with Crippen LogP contribution in [0.1, 0.15) is 11.0 Å². The maximum absolute atomic E-state index is 11.1. The summed E-state index contributed by atoms with van der Waals surface area (Å²) in [6.07, 6.45) is -0.230. The van der Waals surface area contributed by atoms with E-state index in [0.717, 1.165) is 6.26 Å². The van der Waals surface area contributed by atoms with Gasteiger partial charge >= 0.3 is 6.09 Å². The van der Waals surface area contributed by atoms with Crippen molar-refractivity contribution in [1.29, 1.82) is 0 Å². The molecule has 0 saturated heterocycles. The molecule has 1 rings (SSSR count). The summed E-state index contributed by atoms with van der Waals surface area (Å²) in [5.74, 6) is -0.306. The quantitative estimate of drug-likeness (QED) is 0.867. The molecule has 0 aliphatic carbocycles. The summed E-state index contributed by atoms with van der Waals surface area (Å²) in [6, 6.07) is -0.830. The lowest BCUT2D eigenvalue weighted by Gasteiger charge is -2.12. The van der Waals surface area contributed by atoms with Gasteiger partial charge in [-0.05, 0) is 15.9 Å². The zero-order chi connectivity index (χ0) is 12.3. The van der Waals surface area contributed by atoms with Crippen LogP contribution in [0, 0.1) is 0 Å². The standard InChI is InChI=1S/C7H9BrN2O4S2/c1-16(13,14)3-4(9-7(11)12)6-10-5(8)2-15-6/h2,4,9H,3H2,1H3,(H,11,12). The first kappa shape index (κ1) is 13.4. The molecule has 0 radical (unpaired) electrons. The average molecular weight is 329 g/mol. The van der Waals surface area contributed by atoms with Crippen LogP contribution in [0.5, 0.6) is 0 Å². The van der Waals surface area contributed by atoms with Gasteiger partial charge < -0.3 is 10.4 Å². The number of rotatable bonds is 4. The number of nitrogens with one attached hydrogen (secondary N) is 1. The van der Waals surface area contributed by atoms with Crippen molar-refractivity contribution in [1.82, 2.24) is 10.3 Å². The molecule has 1 atom stereocenters. The summed E-state index contributed by atoms with van der Waals surface area (Å²) >= 11 is 4.31. The molecule has 6 nitrogen and oxygen atoms in total. The summed E-state index contributed by atoms with van der Waals surface area (Å²) in [5, 5.41) is 12.8. The molecule has 90 valence electrons. The van der Waals surface area contributed by atoms with Crippen LogP contribution in [0.25, 0.3) is 0 Å². The van der Waals surface area contributed by atoms with Gasteiger partial charge in [0.05, 0.1) is 11.8 Å². The van der Waals surface area contributed by atoms with Gasteiger partial charge in [-0.2, -0.15) is 0 Å². The second-order valence-electron chi connectivity index (χ2n) is 3.10. The van der Waals surface area contributed by atoms with Gasteiger partial charge in [0.15, 0.2) is 0 Å². The predicted octanol–water partition coefficient (Wildman–Crippen LogP) is 1.26. The number of hydrogen-bond acceptors (Lipinski definition) is 5. The molecule has 0 fully saturated rings. The molecular weight excluding hydrogens is 320 g/mol. The number of sulfone groups is 1. The summed E-state index contributed by atoms with van der Waals surface area (Å²) in [4.78, 5) is 14.5. The van der Waals surface area contributed by atoms with Crippen molar-refractivity contribution in [3.63, 3.8) is 0 Å². The Hall–Kier alpha value is -0.670. The Bertz CT molecular complexity index is 484. The number of thiazole rings is 1. The fourth-order valence-corrected chi connectivity index (χ4v) is 3.32. The lowest BCUT2D eigenvalue weighted by Crippen LogP contribution is -2.31. The summed E-state index contributed by atoms with van der Waals surface area (Å²) in [5.41, 5.74) is 0. The molecule has 0 saturated carbocycles. The zero-order valence-electron chi connectivity index (χ0n) is 8.18. The highest BCUT2D eigenvalue weighted by Gasteiger charge is 2.22. The molecule has 1 aromatic rings. The van der Waals surface area contributed by atoms with Crippen molar-refractivity contribution in [2.24, 2.45) is 0 Å². The van der Waals surface area contributed by atoms with E-state index in [0.29, 0.717) is 9.61 Å². The molecule has 1 aromatic heterocycles. The van der Waals surface area contributed by atoms with Gasteiger partial charge in [0.25, 0.3) is 0 Å². The number of carbonyl (C=O) groups is 1. The molecule has 0 bridgehead atoms. The van der Waals surface area contributed by atoms with E-state index in [2.05, 4.69) is 26.2 Å². The van der Waals surface area contributed by atoms with Crippen molar-refractivity contribution in [3.8, 4) is 0 Å². The Morgan fingerprint density at radius 1 is 1.75 bits per heavy atom. The molecular formula is C7H9BrN2O4S2. The van der Waals surface area contributed by atoms with E-state index in [1.807, 2.05) is 0 Å². The zero-order valence-corrected chi connectivity index (χ0v) is 11.4. The Morgan fingerprint density at radius 3 is 2.75 bits per heavy atom. The normalized spacial score (nSPS) is 13.4. The van der Waals surface area contributed by atoms with Crippen molar-refractivity contribution >= 4 is 43.2 Å². The van der Waals surface area contributed by atoms with Gasteiger partial charge in [0, 0.05) is 11.6 Å². The van der Waals surface area contributed by atoms with Crippen LogP contribution in [0.4, 0.5) is 4.79 Å². The molecule has 0 aliphatic rings. The van der Waals surface area contributed by atoms with Crippen molar-refractivity contribution in [2.75, 3.05) is 12.0 Å². The number of amides is 1. The number of nitrogens with zero attached hydrogens (tertiary/aromatic N) is 1. The Balaban J connectivity index is 2.91. The van der Waals surface area contributed by atoms with Crippen LogP contribution in [0.2, 0.25) is 0 Å². The second kappa shape index (κ2) is 5.11.